The van der Waals surface area contributed by atoms with Gasteiger partial charge in [0.1, 0.15) is 12.4 Å². The van der Waals surface area contributed by atoms with Crippen LogP contribution in [0.25, 0.3) is 0 Å². The summed E-state index contributed by atoms with van der Waals surface area (Å²) in [5.41, 5.74) is 0.939. The number of methoxy groups -OCH3 is 1. The number of carbonyl (C=O) groups excluding carboxylic acids is 3. The Morgan fingerprint density at radius 2 is 1.85 bits per heavy atom. The van der Waals surface area contributed by atoms with Crippen molar-refractivity contribution in [3.63, 3.8) is 0 Å². The fourth-order valence-electron chi connectivity index (χ4n) is 4.54. The Bertz CT molecular complexity index is 885. The van der Waals surface area contributed by atoms with Crippen LogP contribution in [0.5, 0.6) is 5.75 Å². The van der Waals surface area contributed by atoms with Gasteiger partial charge in [0.25, 0.3) is 5.91 Å². The molecule has 9 heteroatoms. The van der Waals surface area contributed by atoms with Crippen LogP contribution in [0.15, 0.2) is 18.2 Å². The Hall–Kier alpha value is -2.65. The second-order valence-electron chi connectivity index (χ2n) is 9.37. The molecule has 0 unspecified atom stereocenters. The van der Waals surface area contributed by atoms with Gasteiger partial charge >= 0.3 is 0 Å². The summed E-state index contributed by atoms with van der Waals surface area (Å²) >= 11 is 0. The molecule has 1 fully saturated rings. The van der Waals surface area contributed by atoms with Crippen molar-refractivity contribution in [2.24, 2.45) is 11.8 Å². The molecule has 188 valence electrons. The SMILES string of the molecule is CO[C@H]1CN(C)C(=O)c2ccc(NC(C)=O)cc2OC[C@@H](C)N(C(=O)C2CCOCC2)C[C@H]1C. The van der Waals surface area contributed by atoms with Crippen molar-refractivity contribution in [2.45, 2.75) is 45.8 Å². The van der Waals surface area contributed by atoms with Gasteiger partial charge in [-0.3, -0.25) is 14.4 Å². The van der Waals surface area contributed by atoms with E-state index in [0.717, 1.165) is 0 Å². The van der Waals surface area contributed by atoms with Gasteiger partial charge in [0.15, 0.2) is 0 Å². The largest absolute Gasteiger partial charge is 0.491 e. The van der Waals surface area contributed by atoms with Crippen LogP contribution >= 0.6 is 0 Å². The lowest BCUT2D eigenvalue weighted by molar-refractivity contribution is -0.143. The number of ether oxygens (including phenoxy) is 3. The molecular formula is C25H37N3O6. The van der Waals surface area contributed by atoms with Gasteiger partial charge in [-0.1, -0.05) is 6.92 Å². The lowest BCUT2D eigenvalue weighted by atomic mass is 9.95. The summed E-state index contributed by atoms with van der Waals surface area (Å²) < 4.78 is 17.3. The van der Waals surface area contributed by atoms with Crippen LogP contribution in [-0.2, 0) is 19.1 Å². The summed E-state index contributed by atoms with van der Waals surface area (Å²) in [5, 5.41) is 2.73. The van der Waals surface area contributed by atoms with Gasteiger partial charge in [0.05, 0.1) is 17.7 Å². The molecule has 1 aromatic carbocycles. The van der Waals surface area contributed by atoms with E-state index in [-0.39, 0.29) is 48.3 Å². The van der Waals surface area contributed by atoms with Crippen LogP contribution in [0.1, 0.15) is 44.0 Å². The van der Waals surface area contributed by atoms with Crippen LogP contribution in [0.3, 0.4) is 0 Å². The third kappa shape index (κ3) is 6.27. The van der Waals surface area contributed by atoms with Crippen molar-refractivity contribution in [3.05, 3.63) is 23.8 Å². The van der Waals surface area contributed by atoms with E-state index in [1.165, 1.54) is 6.92 Å². The highest BCUT2D eigenvalue weighted by atomic mass is 16.5. The first-order chi connectivity index (χ1) is 16.2. The number of benzene rings is 1. The summed E-state index contributed by atoms with van der Waals surface area (Å²) in [6.45, 7) is 7.71. The fourth-order valence-corrected chi connectivity index (χ4v) is 4.54. The van der Waals surface area contributed by atoms with E-state index in [1.54, 1.807) is 37.3 Å². The van der Waals surface area contributed by atoms with Crippen molar-refractivity contribution < 1.29 is 28.6 Å². The van der Waals surface area contributed by atoms with Gasteiger partial charge in [0, 0.05) is 71.0 Å². The molecule has 3 amide bonds. The van der Waals surface area contributed by atoms with Gasteiger partial charge in [-0.2, -0.15) is 0 Å². The standard InChI is InChI=1S/C25H37N3O6/c1-16-13-28(24(30)19-8-10-33-11-9-19)17(2)15-34-22-12-20(26-18(3)29)6-7-21(22)25(31)27(4)14-23(16)32-5/h6-7,12,16-17,19,23H,8-11,13-15H2,1-5H3,(H,26,29)/t16-,17-,23+/m1/s1. The molecule has 0 radical (unpaired) electrons. The highest BCUT2D eigenvalue weighted by Crippen LogP contribution is 2.28. The molecule has 0 aliphatic carbocycles. The van der Waals surface area contributed by atoms with Crippen molar-refractivity contribution >= 4 is 23.4 Å². The number of amides is 3. The number of carbonyl (C=O) groups is 3. The number of likely N-dealkylation sites (N-methyl/N-ethyl adjacent to an activating group) is 1. The van der Waals surface area contributed by atoms with E-state index in [1.807, 2.05) is 18.7 Å². The van der Waals surface area contributed by atoms with Gasteiger partial charge in [-0.25, -0.2) is 0 Å². The number of nitrogens with zero attached hydrogens (tertiary/aromatic N) is 2. The molecule has 0 saturated carbocycles. The molecule has 1 aromatic rings. The predicted molar refractivity (Wildman–Crippen MR) is 128 cm³/mol. The van der Waals surface area contributed by atoms with E-state index in [4.69, 9.17) is 14.2 Å². The minimum atomic E-state index is -0.242. The summed E-state index contributed by atoms with van der Waals surface area (Å²) in [4.78, 5) is 41.8. The molecule has 34 heavy (non-hydrogen) atoms. The van der Waals surface area contributed by atoms with Crippen molar-refractivity contribution in [1.29, 1.82) is 0 Å². The Morgan fingerprint density at radius 3 is 2.50 bits per heavy atom. The molecule has 3 rings (SSSR count). The number of anilines is 1. The molecule has 1 saturated heterocycles. The molecule has 1 N–H and O–H groups in total. The third-order valence-corrected chi connectivity index (χ3v) is 6.62. The summed E-state index contributed by atoms with van der Waals surface area (Å²) in [7, 11) is 3.36. The van der Waals surface area contributed by atoms with Crippen LogP contribution in [0, 0.1) is 11.8 Å². The van der Waals surface area contributed by atoms with E-state index >= 15 is 0 Å². The topological polar surface area (TPSA) is 97.4 Å². The van der Waals surface area contributed by atoms with Crippen molar-refractivity contribution in [1.82, 2.24) is 9.80 Å². The van der Waals surface area contributed by atoms with Gasteiger partial charge in [0.2, 0.25) is 11.8 Å². The number of hydrogen-bond donors (Lipinski definition) is 1. The monoisotopic (exact) mass is 475 g/mol. The van der Waals surface area contributed by atoms with Crippen LogP contribution in [0.2, 0.25) is 0 Å². The van der Waals surface area contributed by atoms with Gasteiger partial charge in [-0.15, -0.1) is 0 Å². The maximum Gasteiger partial charge on any atom is 0.257 e. The van der Waals surface area contributed by atoms with Crippen LogP contribution in [0.4, 0.5) is 5.69 Å². The average Bonchev–Trinajstić information content (AvgIpc) is 2.82. The van der Waals surface area contributed by atoms with Gasteiger partial charge in [-0.05, 0) is 31.9 Å². The van der Waals surface area contributed by atoms with E-state index in [9.17, 15) is 14.4 Å². The van der Waals surface area contributed by atoms with Crippen LogP contribution < -0.4 is 10.1 Å². The zero-order valence-corrected chi connectivity index (χ0v) is 20.8. The molecule has 0 bridgehead atoms. The average molecular weight is 476 g/mol. The summed E-state index contributed by atoms with van der Waals surface area (Å²) in [6.07, 6.45) is 1.18. The second-order valence-corrected chi connectivity index (χ2v) is 9.37. The minimum absolute atomic E-state index is 0.00697. The molecule has 2 aliphatic heterocycles. The first kappa shape index (κ1) is 26.0. The highest BCUT2D eigenvalue weighted by molar-refractivity contribution is 5.98. The van der Waals surface area contributed by atoms with Crippen LogP contribution in [-0.4, -0.2) is 86.7 Å². The molecule has 0 aromatic heterocycles. The highest BCUT2D eigenvalue weighted by Gasteiger charge is 2.33. The Kier molecular flexibility index (Phi) is 8.90. The molecule has 2 aliphatic rings. The van der Waals surface area contributed by atoms with E-state index in [0.29, 0.717) is 56.1 Å². The minimum Gasteiger partial charge on any atom is -0.491 e. The zero-order valence-electron chi connectivity index (χ0n) is 20.8. The number of hydrogen-bond acceptors (Lipinski definition) is 6. The maximum atomic E-state index is 13.5. The molecular weight excluding hydrogens is 438 g/mol. The maximum absolute atomic E-state index is 13.5. The number of rotatable bonds is 3. The van der Waals surface area contributed by atoms with E-state index in [2.05, 4.69) is 5.32 Å². The smallest absolute Gasteiger partial charge is 0.257 e. The van der Waals surface area contributed by atoms with Gasteiger partial charge < -0.3 is 29.3 Å². The lowest BCUT2D eigenvalue weighted by Crippen LogP contribution is -2.50. The second kappa shape index (κ2) is 11.7. The quantitative estimate of drug-likeness (QED) is 0.721. The predicted octanol–water partition coefficient (Wildman–Crippen LogP) is 2.40. The van der Waals surface area contributed by atoms with Crippen molar-refractivity contribution in [3.8, 4) is 5.75 Å². The molecule has 9 nitrogen and oxygen atoms in total. The van der Waals surface area contributed by atoms with Crippen molar-refractivity contribution in [2.75, 3.05) is 52.4 Å². The number of fused-ring (bicyclic) bond motifs is 1. The molecule has 3 atom stereocenters. The summed E-state index contributed by atoms with van der Waals surface area (Å²) in [6, 6.07) is 4.77. The Balaban J connectivity index is 1.94. The first-order valence-electron chi connectivity index (χ1n) is 11.9. The Morgan fingerprint density at radius 1 is 1.15 bits per heavy atom. The summed E-state index contributed by atoms with van der Waals surface area (Å²) in [5.74, 6) is 0.00983. The molecule has 2 heterocycles. The van der Waals surface area contributed by atoms with E-state index < -0.39 is 0 Å². The Labute approximate surface area is 201 Å². The fraction of sp³-hybridized carbons (Fsp3) is 0.640. The molecule has 0 spiro atoms. The first-order valence-corrected chi connectivity index (χ1v) is 11.9. The normalized spacial score (nSPS) is 25.0. The third-order valence-electron chi connectivity index (χ3n) is 6.62. The lowest BCUT2D eigenvalue weighted by Gasteiger charge is -2.38. The number of nitrogens with one attached hydrogen (secondary N) is 1. The zero-order chi connectivity index (χ0) is 24.8.